The lowest BCUT2D eigenvalue weighted by atomic mass is 9.98. The average Bonchev–Trinajstić information content (AvgIpc) is 2.49. The van der Waals surface area contributed by atoms with E-state index < -0.39 is 0 Å². The molecule has 0 spiro atoms. The number of nitrogens with zero attached hydrogens (tertiary/aromatic N) is 2. The SMILES string of the molecule is CCCN(CCN(C)C)C(C)C(NCC)c1ccccc1. The Labute approximate surface area is 131 Å². The molecule has 1 aromatic carbocycles. The van der Waals surface area contributed by atoms with Crippen molar-refractivity contribution in [2.75, 3.05) is 40.3 Å². The van der Waals surface area contributed by atoms with Crippen molar-refractivity contribution in [3.05, 3.63) is 35.9 Å². The molecule has 120 valence electrons. The lowest BCUT2D eigenvalue weighted by Crippen LogP contribution is -2.45. The smallest absolute Gasteiger partial charge is 0.0475 e. The summed E-state index contributed by atoms with van der Waals surface area (Å²) in [5, 5.41) is 3.67. The van der Waals surface area contributed by atoms with Gasteiger partial charge in [-0.15, -0.1) is 0 Å². The summed E-state index contributed by atoms with van der Waals surface area (Å²) in [6, 6.07) is 11.7. The minimum atomic E-state index is 0.393. The van der Waals surface area contributed by atoms with Gasteiger partial charge in [0.2, 0.25) is 0 Å². The zero-order valence-corrected chi connectivity index (χ0v) is 14.5. The Hall–Kier alpha value is -0.900. The van der Waals surface area contributed by atoms with Crippen molar-refractivity contribution in [2.24, 2.45) is 0 Å². The van der Waals surface area contributed by atoms with Gasteiger partial charge in [-0.05, 0) is 46.1 Å². The molecule has 0 aromatic heterocycles. The lowest BCUT2D eigenvalue weighted by Gasteiger charge is -2.36. The minimum Gasteiger partial charge on any atom is -0.309 e. The Morgan fingerprint density at radius 1 is 1.00 bits per heavy atom. The van der Waals surface area contributed by atoms with Gasteiger partial charge in [-0.25, -0.2) is 0 Å². The van der Waals surface area contributed by atoms with Crippen LogP contribution in [0.15, 0.2) is 30.3 Å². The maximum atomic E-state index is 3.67. The number of hydrogen-bond donors (Lipinski definition) is 1. The van der Waals surface area contributed by atoms with Gasteiger partial charge < -0.3 is 10.2 Å². The molecule has 0 radical (unpaired) electrons. The quantitative estimate of drug-likeness (QED) is 0.715. The molecule has 2 unspecified atom stereocenters. The molecule has 0 heterocycles. The van der Waals surface area contributed by atoms with Gasteiger partial charge in [-0.2, -0.15) is 0 Å². The highest BCUT2D eigenvalue weighted by Crippen LogP contribution is 2.21. The average molecular weight is 291 g/mol. The summed E-state index contributed by atoms with van der Waals surface area (Å²) in [5.74, 6) is 0. The third kappa shape index (κ3) is 6.16. The lowest BCUT2D eigenvalue weighted by molar-refractivity contribution is 0.156. The Kier molecular flexibility index (Phi) is 8.58. The summed E-state index contributed by atoms with van der Waals surface area (Å²) in [5.41, 5.74) is 1.39. The molecule has 1 N–H and O–H groups in total. The zero-order chi connectivity index (χ0) is 15.7. The molecule has 2 atom stereocenters. The maximum Gasteiger partial charge on any atom is 0.0475 e. The molecule has 0 saturated heterocycles. The monoisotopic (exact) mass is 291 g/mol. The Bertz CT molecular complexity index is 364. The zero-order valence-electron chi connectivity index (χ0n) is 14.5. The van der Waals surface area contributed by atoms with Crippen molar-refractivity contribution >= 4 is 0 Å². The van der Waals surface area contributed by atoms with E-state index in [2.05, 4.69) is 80.3 Å². The van der Waals surface area contributed by atoms with Crippen LogP contribution in [0.1, 0.15) is 38.8 Å². The first-order valence-corrected chi connectivity index (χ1v) is 8.27. The molecule has 1 rings (SSSR count). The summed E-state index contributed by atoms with van der Waals surface area (Å²) in [6.07, 6.45) is 1.20. The van der Waals surface area contributed by atoms with E-state index in [0.717, 1.165) is 26.2 Å². The first-order valence-electron chi connectivity index (χ1n) is 8.27. The van der Waals surface area contributed by atoms with E-state index >= 15 is 0 Å². The molecule has 0 saturated carbocycles. The fraction of sp³-hybridized carbons (Fsp3) is 0.667. The van der Waals surface area contributed by atoms with E-state index in [9.17, 15) is 0 Å². The van der Waals surface area contributed by atoms with Crippen LogP contribution in [0.5, 0.6) is 0 Å². The summed E-state index contributed by atoms with van der Waals surface area (Å²) < 4.78 is 0. The molecule has 0 amide bonds. The van der Waals surface area contributed by atoms with Crippen LogP contribution in [0.25, 0.3) is 0 Å². The van der Waals surface area contributed by atoms with Crippen molar-refractivity contribution < 1.29 is 0 Å². The Morgan fingerprint density at radius 2 is 1.67 bits per heavy atom. The van der Waals surface area contributed by atoms with Crippen LogP contribution < -0.4 is 5.32 Å². The largest absolute Gasteiger partial charge is 0.309 e. The van der Waals surface area contributed by atoms with Crippen LogP contribution in [-0.4, -0.2) is 56.1 Å². The second-order valence-corrected chi connectivity index (χ2v) is 6.03. The first-order chi connectivity index (χ1) is 10.1. The molecule has 1 aromatic rings. The van der Waals surface area contributed by atoms with Crippen molar-refractivity contribution in [3.8, 4) is 0 Å². The molecular weight excluding hydrogens is 258 g/mol. The highest BCUT2D eigenvalue weighted by molar-refractivity contribution is 5.20. The predicted molar refractivity (Wildman–Crippen MR) is 92.7 cm³/mol. The van der Waals surface area contributed by atoms with Crippen molar-refractivity contribution in [3.63, 3.8) is 0 Å². The third-order valence-corrected chi connectivity index (χ3v) is 3.99. The van der Waals surface area contributed by atoms with Gasteiger partial charge in [0.1, 0.15) is 0 Å². The second-order valence-electron chi connectivity index (χ2n) is 6.03. The summed E-state index contributed by atoms with van der Waals surface area (Å²) >= 11 is 0. The van der Waals surface area contributed by atoms with Crippen LogP contribution >= 0.6 is 0 Å². The summed E-state index contributed by atoms with van der Waals surface area (Å²) in [6.45, 7) is 11.2. The van der Waals surface area contributed by atoms with Crippen LogP contribution in [-0.2, 0) is 0 Å². The maximum absolute atomic E-state index is 3.67. The van der Waals surface area contributed by atoms with E-state index in [0.29, 0.717) is 12.1 Å². The van der Waals surface area contributed by atoms with E-state index in [1.54, 1.807) is 0 Å². The molecule has 3 nitrogen and oxygen atoms in total. The normalized spacial score (nSPS) is 14.6. The topological polar surface area (TPSA) is 18.5 Å². The van der Waals surface area contributed by atoms with Gasteiger partial charge in [0.15, 0.2) is 0 Å². The van der Waals surface area contributed by atoms with E-state index in [4.69, 9.17) is 0 Å². The van der Waals surface area contributed by atoms with Crippen molar-refractivity contribution in [1.29, 1.82) is 0 Å². The predicted octanol–water partition coefficient (Wildman–Crippen LogP) is 3.00. The number of hydrogen-bond acceptors (Lipinski definition) is 3. The molecule has 0 aliphatic rings. The van der Waals surface area contributed by atoms with E-state index in [-0.39, 0.29) is 0 Å². The Morgan fingerprint density at radius 3 is 2.19 bits per heavy atom. The Balaban J connectivity index is 2.82. The summed E-state index contributed by atoms with van der Waals surface area (Å²) in [7, 11) is 4.29. The molecule has 0 aliphatic carbocycles. The fourth-order valence-electron chi connectivity index (χ4n) is 2.79. The molecular formula is C18H33N3. The summed E-state index contributed by atoms with van der Waals surface area (Å²) in [4.78, 5) is 4.88. The standard InChI is InChI=1S/C18H33N3/c1-6-13-21(15-14-20(4)5)16(3)18(19-7-2)17-11-9-8-10-12-17/h8-12,16,18-19H,6-7,13-15H2,1-5H3. The van der Waals surface area contributed by atoms with E-state index in [1.807, 2.05) is 0 Å². The number of nitrogens with one attached hydrogen (secondary N) is 1. The molecule has 0 bridgehead atoms. The van der Waals surface area contributed by atoms with Gasteiger partial charge >= 0.3 is 0 Å². The van der Waals surface area contributed by atoms with Gasteiger partial charge in [0.05, 0.1) is 0 Å². The van der Waals surface area contributed by atoms with Crippen LogP contribution in [0.3, 0.4) is 0 Å². The van der Waals surface area contributed by atoms with Gasteiger partial charge in [-0.3, -0.25) is 4.90 Å². The van der Waals surface area contributed by atoms with Crippen LogP contribution in [0.2, 0.25) is 0 Å². The van der Waals surface area contributed by atoms with Gasteiger partial charge in [0, 0.05) is 25.2 Å². The van der Waals surface area contributed by atoms with Crippen molar-refractivity contribution in [1.82, 2.24) is 15.1 Å². The van der Waals surface area contributed by atoms with Gasteiger partial charge in [0.25, 0.3) is 0 Å². The number of rotatable bonds is 10. The number of likely N-dealkylation sites (N-methyl/N-ethyl adjacent to an activating group) is 2. The molecule has 0 aliphatic heterocycles. The highest BCUT2D eigenvalue weighted by Gasteiger charge is 2.23. The number of benzene rings is 1. The minimum absolute atomic E-state index is 0.393. The van der Waals surface area contributed by atoms with Crippen LogP contribution in [0.4, 0.5) is 0 Å². The van der Waals surface area contributed by atoms with E-state index in [1.165, 1.54) is 12.0 Å². The van der Waals surface area contributed by atoms with Gasteiger partial charge in [-0.1, -0.05) is 44.2 Å². The molecule has 21 heavy (non-hydrogen) atoms. The molecule has 3 heteroatoms. The second kappa shape index (κ2) is 9.93. The first kappa shape index (κ1) is 18.1. The highest BCUT2D eigenvalue weighted by atomic mass is 15.2. The van der Waals surface area contributed by atoms with Crippen molar-refractivity contribution in [2.45, 2.75) is 39.3 Å². The third-order valence-electron chi connectivity index (χ3n) is 3.99. The fourth-order valence-corrected chi connectivity index (χ4v) is 2.79. The van der Waals surface area contributed by atoms with Crippen LogP contribution in [0, 0.1) is 0 Å². The molecule has 0 fully saturated rings.